The molecule has 1 saturated carbocycles. The van der Waals surface area contributed by atoms with Gasteiger partial charge >= 0.3 is 0 Å². The van der Waals surface area contributed by atoms with Crippen LogP contribution in [0.25, 0.3) is 0 Å². The van der Waals surface area contributed by atoms with Crippen molar-refractivity contribution in [1.82, 2.24) is 15.1 Å². The molecular formula is C12H17N3O4. The monoisotopic (exact) mass is 267 g/mol. The number of hydrogen-bond acceptors (Lipinski definition) is 5. The minimum Gasteiger partial charge on any atom is -0.396 e. The van der Waals surface area contributed by atoms with Crippen LogP contribution in [0.3, 0.4) is 0 Å². The Morgan fingerprint density at radius 3 is 2.84 bits per heavy atom. The van der Waals surface area contributed by atoms with Gasteiger partial charge in [0.2, 0.25) is 0 Å². The summed E-state index contributed by atoms with van der Waals surface area (Å²) in [4.78, 5) is 23.1. The second-order valence-corrected chi connectivity index (χ2v) is 4.83. The van der Waals surface area contributed by atoms with Crippen LogP contribution in [0.2, 0.25) is 0 Å². The molecule has 1 heterocycles. The maximum absolute atomic E-state index is 11.9. The Morgan fingerprint density at radius 2 is 2.26 bits per heavy atom. The topological polar surface area (TPSA) is 104 Å². The van der Waals surface area contributed by atoms with Crippen molar-refractivity contribution in [2.75, 3.05) is 6.61 Å². The molecule has 1 aromatic rings. The summed E-state index contributed by atoms with van der Waals surface area (Å²) < 4.78 is 1.09. The van der Waals surface area contributed by atoms with E-state index in [2.05, 4.69) is 10.4 Å². The van der Waals surface area contributed by atoms with Crippen LogP contribution in [-0.2, 0) is 7.05 Å². The van der Waals surface area contributed by atoms with E-state index in [0.717, 1.165) is 4.68 Å². The molecule has 1 aromatic heterocycles. The van der Waals surface area contributed by atoms with E-state index >= 15 is 0 Å². The Hall–Kier alpha value is -1.73. The van der Waals surface area contributed by atoms with Gasteiger partial charge in [-0.05, 0) is 18.9 Å². The van der Waals surface area contributed by atoms with Crippen LogP contribution < -0.4 is 10.9 Å². The average Bonchev–Trinajstić information content (AvgIpc) is 2.72. The van der Waals surface area contributed by atoms with Gasteiger partial charge in [-0.2, -0.15) is 5.10 Å². The van der Waals surface area contributed by atoms with Gasteiger partial charge in [-0.3, -0.25) is 9.59 Å². The number of aliphatic hydroxyl groups excluding tert-OH is 2. The van der Waals surface area contributed by atoms with Crippen LogP contribution in [0, 0.1) is 5.92 Å². The molecule has 104 valence electrons. The lowest BCUT2D eigenvalue weighted by Gasteiger charge is -2.12. The average molecular weight is 267 g/mol. The van der Waals surface area contributed by atoms with E-state index in [4.69, 9.17) is 5.11 Å². The highest BCUT2D eigenvalue weighted by molar-refractivity contribution is 5.92. The summed E-state index contributed by atoms with van der Waals surface area (Å²) in [5.41, 5.74) is -0.128. The summed E-state index contributed by atoms with van der Waals surface area (Å²) in [7, 11) is 1.47. The lowest BCUT2D eigenvalue weighted by molar-refractivity contribution is 0.0902. The Kier molecular flexibility index (Phi) is 3.96. The molecule has 0 aromatic carbocycles. The molecule has 0 unspecified atom stereocenters. The number of carbonyl (C=O) groups is 1. The van der Waals surface area contributed by atoms with Gasteiger partial charge in [-0.15, -0.1) is 0 Å². The van der Waals surface area contributed by atoms with Gasteiger partial charge in [0.25, 0.3) is 11.5 Å². The number of amides is 1. The van der Waals surface area contributed by atoms with Gasteiger partial charge < -0.3 is 15.5 Å². The summed E-state index contributed by atoms with van der Waals surface area (Å²) in [6.07, 6.45) is 0.362. The van der Waals surface area contributed by atoms with Crippen molar-refractivity contribution in [3.05, 3.63) is 28.2 Å². The number of nitrogens with one attached hydrogen (secondary N) is 1. The second-order valence-electron chi connectivity index (χ2n) is 4.83. The number of rotatable bonds is 3. The molecule has 0 bridgehead atoms. The molecule has 2 rings (SSSR count). The van der Waals surface area contributed by atoms with Gasteiger partial charge in [0.15, 0.2) is 0 Å². The number of aryl methyl sites for hydroxylation is 1. The summed E-state index contributed by atoms with van der Waals surface area (Å²) in [5, 5.41) is 25.3. The summed E-state index contributed by atoms with van der Waals surface area (Å²) in [6.45, 7) is -0.0916. The zero-order valence-electron chi connectivity index (χ0n) is 10.6. The lowest BCUT2D eigenvalue weighted by Crippen LogP contribution is -2.35. The highest BCUT2D eigenvalue weighted by atomic mass is 16.3. The molecule has 7 heteroatoms. The van der Waals surface area contributed by atoms with Gasteiger partial charge in [-0.25, -0.2) is 4.68 Å². The van der Waals surface area contributed by atoms with Crippen molar-refractivity contribution in [2.24, 2.45) is 13.0 Å². The molecule has 0 aliphatic heterocycles. The van der Waals surface area contributed by atoms with Crippen molar-refractivity contribution in [1.29, 1.82) is 0 Å². The summed E-state index contributed by atoms with van der Waals surface area (Å²) >= 11 is 0. The van der Waals surface area contributed by atoms with E-state index < -0.39 is 6.10 Å². The highest BCUT2D eigenvalue weighted by Gasteiger charge is 2.33. The maximum atomic E-state index is 11.9. The molecule has 1 aliphatic carbocycles. The predicted octanol–water partition coefficient (Wildman–Crippen LogP) is -1.36. The number of carbonyl (C=O) groups excluding carboxylic acids is 1. The smallest absolute Gasteiger partial charge is 0.271 e. The molecule has 19 heavy (non-hydrogen) atoms. The molecule has 3 N–H and O–H groups in total. The normalized spacial score (nSPS) is 26.4. The number of nitrogens with zero attached hydrogens (tertiary/aromatic N) is 2. The molecule has 3 atom stereocenters. The van der Waals surface area contributed by atoms with E-state index in [1.165, 1.54) is 19.2 Å². The van der Waals surface area contributed by atoms with Crippen LogP contribution in [0.1, 0.15) is 23.3 Å². The molecule has 7 nitrogen and oxygen atoms in total. The first kappa shape index (κ1) is 13.7. The Balaban J connectivity index is 2.02. The van der Waals surface area contributed by atoms with Crippen LogP contribution in [-0.4, -0.2) is 44.7 Å². The van der Waals surface area contributed by atoms with Crippen molar-refractivity contribution >= 4 is 5.91 Å². The Bertz CT molecular complexity index is 528. The Morgan fingerprint density at radius 1 is 1.53 bits per heavy atom. The van der Waals surface area contributed by atoms with Crippen molar-refractivity contribution in [3.8, 4) is 0 Å². The van der Waals surface area contributed by atoms with Gasteiger partial charge in [-0.1, -0.05) is 0 Å². The third kappa shape index (κ3) is 2.99. The van der Waals surface area contributed by atoms with Crippen LogP contribution in [0.5, 0.6) is 0 Å². The fourth-order valence-corrected chi connectivity index (χ4v) is 2.30. The van der Waals surface area contributed by atoms with Crippen molar-refractivity contribution in [2.45, 2.75) is 25.0 Å². The minimum atomic E-state index is -0.594. The summed E-state index contributed by atoms with van der Waals surface area (Å²) in [6, 6.07) is 2.47. The van der Waals surface area contributed by atoms with Crippen molar-refractivity contribution in [3.63, 3.8) is 0 Å². The minimum absolute atomic E-state index is 0.0916. The zero-order chi connectivity index (χ0) is 14.0. The van der Waals surface area contributed by atoms with Gasteiger partial charge in [0.05, 0.1) is 6.10 Å². The van der Waals surface area contributed by atoms with E-state index in [-0.39, 0.29) is 35.7 Å². The second kappa shape index (κ2) is 5.50. The third-order valence-electron chi connectivity index (χ3n) is 3.42. The fraction of sp³-hybridized carbons (Fsp3) is 0.583. The Labute approximate surface area is 109 Å². The van der Waals surface area contributed by atoms with Crippen LogP contribution in [0.4, 0.5) is 0 Å². The molecule has 1 aliphatic rings. The van der Waals surface area contributed by atoms with Gasteiger partial charge in [0, 0.05) is 31.7 Å². The number of hydrogen-bond donors (Lipinski definition) is 3. The van der Waals surface area contributed by atoms with Crippen LogP contribution >= 0.6 is 0 Å². The van der Waals surface area contributed by atoms with E-state index in [1.807, 2.05) is 0 Å². The highest BCUT2D eigenvalue weighted by Crippen LogP contribution is 2.25. The first-order chi connectivity index (χ1) is 9.01. The zero-order valence-corrected chi connectivity index (χ0v) is 10.6. The molecular weight excluding hydrogens is 250 g/mol. The first-order valence-corrected chi connectivity index (χ1v) is 6.15. The largest absolute Gasteiger partial charge is 0.396 e. The molecule has 0 spiro atoms. The molecule has 0 saturated heterocycles. The molecule has 0 radical (unpaired) electrons. The summed E-state index contributed by atoms with van der Waals surface area (Å²) in [5.74, 6) is -0.579. The number of aliphatic hydroxyl groups is 2. The lowest BCUT2D eigenvalue weighted by atomic mass is 10.1. The fourth-order valence-electron chi connectivity index (χ4n) is 2.30. The molecule has 1 fully saturated rings. The SMILES string of the molecule is Cn1nc(C(=O)N[C@H]2C[C@H](CO)[C@H](O)C2)ccc1=O. The maximum Gasteiger partial charge on any atom is 0.271 e. The quantitative estimate of drug-likeness (QED) is 0.627. The van der Waals surface area contributed by atoms with E-state index in [1.54, 1.807) is 0 Å². The van der Waals surface area contributed by atoms with E-state index in [9.17, 15) is 14.7 Å². The van der Waals surface area contributed by atoms with Crippen molar-refractivity contribution < 1.29 is 15.0 Å². The van der Waals surface area contributed by atoms with Crippen LogP contribution in [0.15, 0.2) is 16.9 Å². The third-order valence-corrected chi connectivity index (χ3v) is 3.42. The van der Waals surface area contributed by atoms with E-state index in [0.29, 0.717) is 12.8 Å². The standard InChI is InChI=1S/C12H17N3O4/c1-15-11(18)3-2-9(14-15)12(19)13-8-4-7(6-16)10(17)5-8/h2-3,7-8,10,16-17H,4-6H2,1H3,(H,13,19)/t7-,8+,10-/m1/s1. The van der Waals surface area contributed by atoms with Gasteiger partial charge in [0.1, 0.15) is 5.69 Å². The first-order valence-electron chi connectivity index (χ1n) is 6.15. The predicted molar refractivity (Wildman–Crippen MR) is 66.5 cm³/mol. The molecule has 1 amide bonds. The number of aromatic nitrogens is 2.